The molecule has 0 aliphatic carbocycles. The molecule has 13 heavy (non-hydrogen) atoms. The topological polar surface area (TPSA) is 26.3 Å². The summed E-state index contributed by atoms with van der Waals surface area (Å²) in [5, 5.41) is 0.186. The van der Waals surface area contributed by atoms with Crippen LogP contribution in [0.3, 0.4) is 0 Å². The Morgan fingerprint density at radius 3 is 3.00 bits per heavy atom. The molecule has 68 valence electrons. The first-order valence-corrected chi connectivity index (χ1v) is 4.95. The van der Waals surface area contributed by atoms with Crippen LogP contribution in [0, 0.1) is 0 Å². The molecule has 0 bridgehead atoms. The number of ether oxygens (including phenoxy) is 1. The second-order valence-corrected chi connectivity index (χ2v) is 4.04. The summed E-state index contributed by atoms with van der Waals surface area (Å²) < 4.78 is 5.25. The van der Waals surface area contributed by atoms with E-state index in [9.17, 15) is 4.79 Å². The summed E-state index contributed by atoms with van der Waals surface area (Å²) in [5.41, 5.74) is 1.13. The smallest absolute Gasteiger partial charge is 0.196 e. The second kappa shape index (κ2) is 3.52. The summed E-state index contributed by atoms with van der Waals surface area (Å²) in [5.74, 6) is 0. The van der Waals surface area contributed by atoms with Crippen LogP contribution in [0.25, 0.3) is 0 Å². The van der Waals surface area contributed by atoms with E-state index in [4.69, 9.17) is 4.74 Å². The molecule has 0 aromatic heterocycles. The van der Waals surface area contributed by atoms with Crippen LogP contribution in [0.4, 0.5) is 0 Å². The molecule has 0 N–H and O–H groups in total. The largest absolute Gasteiger partial charge is 0.376 e. The maximum absolute atomic E-state index is 11.3. The van der Waals surface area contributed by atoms with Crippen LogP contribution in [-0.2, 0) is 9.53 Å². The first kappa shape index (κ1) is 8.78. The number of benzene rings is 1. The average molecular weight is 194 g/mol. The molecule has 2 nitrogen and oxygen atoms in total. The molecular weight excluding hydrogens is 184 g/mol. The molecule has 3 heteroatoms. The number of carbonyl (C=O) groups is 1. The summed E-state index contributed by atoms with van der Waals surface area (Å²) in [6, 6.07) is 7.89. The van der Waals surface area contributed by atoms with Crippen molar-refractivity contribution < 1.29 is 9.53 Å². The molecule has 0 spiro atoms. The Morgan fingerprint density at radius 2 is 2.23 bits per heavy atom. The molecule has 0 saturated carbocycles. The Kier molecular flexibility index (Phi) is 2.38. The van der Waals surface area contributed by atoms with Gasteiger partial charge in [0.1, 0.15) is 0 Å². The van der Waals surface area contributed by atoms with E-state index in [-0.39, 0.29) is 11.2 Å². The molecule has 0 saturated heterocycles. The number of hydrogen-bond acceptors (Lipinski definition) is 3. The lowest BCUT2D eigenvalue weighted by molar-refractivity contribution is -0.113. The molecule has 1 aromatic rings. The summed E-state index contributed by atoms with van der Waals surface area (Å²) in [6.07, 6.45) is 0.433. The molecule has 0 amide bonds. The fraction of sp³-hybridized carbons (Fsp3) is 0.300. The van der Waals surface area contributed by atoms with Crippen molar-refractivity contribution >= 4 is 16.9 Å². The maximum Gasteiger partial charge on any atom is 0.196 e. The highest BCUT2D eigenvalue weighted by atomic mass is 32.2. The van der Waals surface area contributed by atoms with Gasteiger partial charge in [-0.15, -0.1) is 0 Å². The third-order valence-electron chi connectivity index (χ3n) is 2.13. The zero-order valence-electron chi connectivity index (χ0n) is 7.32. The normalized spacial score (nSPS) is 21.3. The molecule has 1 aliphatic heterocycles. The van der Waals surface area contributed by atoms with E-state index < -0.39 is 0 Å². The molecule has 1 heterocycles. The molecule has 1 unspecified atom stereocenters. The molecule has 1 aromatic carbocycles. The van der Waals surface area contributed by atoms with Gasteiger partial charge in [0.15, 0.2) is 5.12 Å². The Hall–Kier alpha value is -0.800. The monoisotopic (exact) mass is 194 g/mol. The lowest BCUT2D eigenvalue weighted by Gasteiger charge is -2.22. The SMILES string of the molecule is COC1CC(=O)Sc2ccccc21. The van der Waals surface area contributed by atoms with Gasteiger partial charge in [-0.05, 0) is 11.6 Å². The van der Waals surface area contributed by atoms with Crippen LogP contribution in [0.1, 0.15) is 18.1 Å². The third kappa shape index (κ3) is 1.62. The Bertz CT molecular complexity index is 335. The van der Waals surface area contributed by atoms with Gasteiger partial charge in [0.25, 0.3) is 0 Å². The number of fused-ring (bicyclic) bond motifs is 1. The van der Waals surface area contributed by atoms with E-state index in [1.165, 1.54) is 11.8 Å². The third-order valence-corrected chi connectivity index (χ3v) is 3.11. The fourth-order valence-electron chi connectivity index (χ4n) is 1.48. The lowest BCUT2D eigenvalue weighted by atomic mass is 10.1. The summed E-state index contributed by atoms with van der Waals surface area (Å²) in [4.78, 5) is 12.3. The molecule has 0 fully saturated rings. The number of methoxy groups -OCH3 is 1. The Balaban J connectivity index is 2.42. The van der Waals surface area contributed by atoms with E-state index in [2.05, 4.69) is 0 Å². The van der Waals surface area contributed by atoms with Crippen LogP contribution < -0.4 is 0 Å². The van der Waals surface area contributed by atoms with Crippen molar-refractivity contribution in [3.05, 3.63) is 29.8 Å². The minimum Gasteiger partial charge on any atom is -0.376 e. The van der Waals surface area contributed by atoms with Crippen molar-refractivity contribution in [3.8, 4) is 0 Å². The summed E-state index contributed by atoms with van der Waals surface area (Å²) in [7, 11) is 1.64. The van der Waals surface area contributed by atoms with Gasteiger partial charge in [-0.3, -0.25) is 4.79 Å². The predicted molar refractivity (Wildman–Crippen MR) is 51.7 cm³/mol. The number of hydrogen-bond donors (Lipinski definition) is 0. The van der Waals surface area contributed by atoms with Crippen molar-refractivity contribution in [2.24, 2.45) is 0 Å². The van der Waals surface area contributed by atoms with E-state index in [1.54, 1.807) is 7.11 Å². The number of carbonyl (C=O) groups excluding carboxylic acids is 1. The van der Waals surface area contributed by atoms with E-state index in [1.807, 2.05) is 24.3 Å². The van der Waals surface area contributed by atoms with Gasteiger partial charge in [0.05, 0.1) is 6.10 Å². The van der Waals surface area contributed by atoms with Crippen LogP contribution in [0.2, 0.25) is 0 Å². The fourth-order valence-corrected chi connectivity index (χ4v) is 2.42. The van der Waals surface area contributed by atoms with E-state index >= 15 is 0 Å². The highest BCUT2D eigenvalue weighted by Gasteiger charge is 2.25. The number of thioether (sulfide) groups is 1. The molecule has 0 radical (unpaired) electrons. The van der Waals surface area contributed by atoms with Gasteiger partial charge in [-0.2, -0.15) is 0 Å². The van der Waals surface area contributed by atoms with Gasteiger partial charge in [0, 0.05) is 18.4 Å². The van der Waals surface area contributed by atoms with Crippen molar-refractivity contribution in [3.63, 3.8) is 0 Å². The van der Waals surface area contributed by atoms with Gasteiger partial charge >= 0.3 is 0 Å². The van der Waals surface area contributed by atoms with Crippen LogP contribution in [-0.4, -0.2) is 12.2 Å². The Morgan fingerprint density at radius 1 is 1.46 bits per heavy atom. The standard InChI is InChI=1S/C10H10O2S/c1-12-8-6-10(11)13-9-5-3-2-4-7(8)9/h2-5,8H,6H2,1H3. The lowest BCUT2D eigenvalue weighted by Crippen LogP contribution is -2.12. The highest BCUT2D eigenvalue weighted by molar-refractivity contribution is 8.13. The minimum atomic E-state index is -0.0510. The van der Waals surface area contributed by atoms with Crippen LogP contribution >= 0.6 is 11.8 Å². The minimum absolute atomic E-state index is 0.0510. The van der Waals surface area contributed by atoms with E-state index in [0.29, 0.717) is 6.42 Å². The summed E-state index contributed by atoms with van der Waals surface area (Å²) in [6.45, 7) is 0. The quantitative estimate of drug-likeness (QED) is 0.686. The molecule has 1 aliphatic rings. The van der Waals surface area contributed by atoms with Gasteiger partial charge in [0.2, 0.25) is 0 Å². The van der Waals surface area contributed by atoms with Crippen LogP contribution in [0.15, 0.2) is 29.2 Å². The summed E-state index contributed by atoms with van der Waals surface area (Å²) >= 11 is 1.31. The van der Waals surface area contributed by atoms with Gasteiger partial charge in [-0.1, -0.05) is 30.0 Å². The van der Waals surface area contributed by atoms with Gasteiger partial charge in [-0.25, -0.2) is 0 Å². The zero-order valence-corrected chi connectivity index (χ0v) is 8.14. The molecule has 1 atom stereocenters. The number of rotatable bonds is 1. The highest BCUT2D eigenvalue weighted by Crippen LogP contribution is 2.38. The molecular formula is C10H10O2S. The van der Waals surface area contributed by atoms with Crippen molar-refractivity contribution in [2.45, 2.75) is 17.4 Å². The van der Waals surface area contributed by atoms with Crippen molar-refractivity contribution in [1.82, 2.24) is 0 Å². The predicted octanol–water partition coefficient (Wildman–Crippen LogP) is 2.40. The first-order chi connectivity index (χ1) is 6.31. The second-order valence-electron chi connectivity index (χ2n) is 2.94. The van der Waals surface area contributed by atoms with Crippen LogP contribution in [0.5, 0.6) is 0 Å². The van der Waals surface area contributed by atoms with E-state index in [0.717, 1.165) is 10.5 Å². The Labute approximate surface area is 81.3 Å². The van der Waals surface area contributed by atoms with Gasteiger partial charge < -0.3 is 4.74 Å². The first-order valence-electron chi connectivity index (χ1n) is 4.13. The maximum atomic E-state index is 11.3. The van der Waals surface area contributed by atoms with Crippen molar-refractivity contribution in [1.29, 1.82) is 0 Å². The molecule has 2 rings (SSSR count). The average Bonchev–Trinajstić information content (AvgIpc) is 2.16. The zero-order chi connectivity index (χ0) is 9.26. The van der Waals surface area contributed by atoms with Crippen molar-refractivity contribution in [2.75, 3.05) is 7.11 Å².